The first-order valence-electron chi connectivity index (χ1n) is 30.4. The van der Waals surface area contributed by atoms with E-state index >= 15 is 0 Å². The maximum atomic E-state index is 4.61. The molecular formula is C84H87N. The lowest BCUT2D eigenvalue weighted by molar-refractivity contribution is 0.864. The largest absolute Gasteiger partial charge is 0.258 e. The summed E-state index contributed by atoms with van der Waals surface area (Å²) in [4.78, 5) is 4.61. The van der Waals surface area contributed by atoms with E-state index in [4.69, 9.17) is 0 Å². The number of hydrogen-bond donors (Lipinski definition) is 0. The minimum Gasteiger partial charge on any atom is -0.258 e. The van der Waals surface area contributed by atoms with Crippen LogP contribution in [0.5, 0.6) is 0 Å². The number of benzene rings is 10. The molecule has 12 rings (SSSR count). The van der Waals surface area contributed by atoms with Gasteiger partial charge in [0, 0.05) is 11.6 Å². The molecule has 1 heteroatoms. The first-order valence-corrected chi connectivity index (χ1v) is 30.4. The van der Waals surface area contributed by atoms with Gasteiger partial charge in [-0.1, -0.05) is 289 Å². The molecule has 428 valence electrons. The third-order valence-electron chi connectivity index (χ3n) is 15.4. The van der Waals surface area contributed by atoms with E-state index in [0.29, 0.717) is 5.92 Å². The van der Waals surface area contributed by atoms with Crippen molar-refractivity contribution in [2.24, 2.45) is 10.9 Å². The number of allylic oxidation sites excluding steroid dienone is 5. The average Bonchev–Trinajstić information content (AvgIpc) is 4.09. The molecule has 0 fully saturated rings. The van der Waals surface area contributed by atoms with Crippen LogP contribution < -0.4 is 0 Å². The molecule has 0 radical (unpaired) electrons. The fourth-order valence-corrected chi connectivity index (χ4v) is 10.9. The van der Waals surface area contributed by atoms with E-state index in [1.807, 2.05) is 58.0 Å². The molecule has 0 aliphatic heterocycles. The van der Waals surface area contributed by atoms with Crippen LogP contribution in [-0.4, -0.2) is 5.71 Å². The van der Waals surface area contributed by atoms with Gasteiger partial charge in [-0.2, -0.15) is 0 Å². The van der Waals surface area contributed by atoms with Crippen LogP contribution in [0.15, 0.2) is 273 Å². The lowest BCUT2D eigenvalue weighted by atomic mass is 9.90. The molecule has 0 saturated carbocycles. The summed E-state index contributed by atoms with van der Waals surface area (Å²) in [5.74, 6) is 0.417. The van der Waals surface area contributed by atoms with Gasteiger partial charge in [-0.15, -0.1) is 0 Å². The lowest BCUT2D eigenvalue weighted by Crippen LogP contribution is -2.09. The summed E-state index contributed by atoms with van der Waals surface area (Å²) >= 11 is 0. The van der Waals surface area contributed by atoms with Crippen LogP contribution in [0.25, 0.3) is 78.0 Å². The van der Waals surface area contributed by atoms with Gasteiger partial charge in [-0.25, -0.2) is 0 Å². The molecule has 1 atom stereocenters. The van der Waals surface area contributed by atoms with Crippen molar-refractivity contribution >= 4 is 17.0 Å². The van der Waals surface area contributed by atoms with E-state index in [1.165, 1.54) is 117 Å². The Morgan fingerprint density at radius 3 is 1.38 bits per heavy atom. The van der Waals surface area contributed by atoms with Crippen molar-refractivity contribution in [3.63, 3.8) is 0 Å². The second-order valence-electron chi connectivity index (χ2n) is 21.7. The zero-order valence-corrected chi connectivity index (χ0v) is 52.6. The molecule has 0 aromatic heterocycles. The fraction of sp³-hybridized carbons (Fsp3) is 0.179. The summed E-state index contributed by atoms with van der Waals surface area (Å²) < 4.78 is 0. The molecule has 0 heterocycles. The first-order chi connectivity index (χ1) is 41.3. The van der Waals surface area contributed by atoms with Crippen molar-refractivity contribution in [3.8, 4) is 66.8 Å². The van der Waals surface area contributed by atoms with Gasteiger partial charge in [0.2, 0.25) is 0 Å². The molecule has 0 spiro atoms. The molecule has 2 aliphatic carbocycles. The minimum absolute atomic E-state index is 0.417. The second kappa shape index (κ2) is 31.5. The molecule has 85 heavy (non-hydrogen) atoms. The number of rotatable bonds is 9. The number of aliphatic imine (C=N–C) groups is 1. The topological polar surface area (TPSA) is 12.4 Å². The molecular weight excluding hydrogens is 1020 g/mol. The first kappa shape index (κ1) is 63.4. The van der Waals surface area contributed by atoms with Crippen molar-refractivity contribution in [3.05, 3.63) is 324 Å². The zero-order chi connectivity index (χ0) is 60.8. The molecule has 0 bridgehead atoms. The van der Waals surface area contributed by atoms with Gasteiger partial charge < -0.3 is 0 Å². The molecule has 1 unspecified atom stereocenters. The lowest BCUT2D eigenvalue weighted by Gasteiger charge is -2.14. The minimum atomic E-state index is 0.417. The maximum absolute atomic E-state index is 4.61. The Morgan fingerprint density at radius 2 is 0.882 bits per heavy atom. The molecule has 1 nitrogen and oxygen atoms in total. The SMILES string of the molecule is C=C(C)c1cccc2c1-c1cc(C)ccc1C2.C=C(N=C(C)C1C=CC=CC1)c1ccccc1.CC.CC.Cc1cc(-c2ccccc2)cc(-c2ccccc2)c1.Cc1ccccc1-c1cc(-c2ccc(C)c(-c3ccccc3C)c2)ccc1C. The van der Waals surface area contributed by atoms with Crippen molar-refractivity contribution in [2.45, 2.75) is 95.9 Å². The molecule has 0 saturated heterocycles. The summed E-state index contributed by atoms with van der Waals surface area (Å²) in [5, 5.41) is 0. The Bertz CT molecular complexity index is 3770. The number of hydrogen-bond acceptors (Lipinski definition) is 1. The zero-order valence-electron chi connectivity index (χ0n) is 52.6. The second-order valence-corrected chi connectivity index (χ2v) is 21.7. The average molecular weight is 1110 g/mol. The third kappa shape index (κ3) is 16.8. The van der Waals surface area contributed by atoms with Crippen LogP contribution in [0.1, 0.15) is 104 Å². The van der Waals surface area contributed by atoms with Crippen LogP contribution in [0, 0.1) is 47.5 Å². The highest BCUT2D eigenvalue weighted by molar-refractivity contribution is 5.91. The Morgan fingerprint density at radius 1 is 0.388 bits per heavy atom. The van der Waals surface area contributed by atoms with Crippen LogP contribution in [-0.2, 0) is 6.42 Å². The third-order valence-corrected chi connectivity index (χ3v) is 15.4. The summed E-state index contributed by atoms with van der Waals surface area (Å²) in [6.45, 7) is 33.3. The highest BCUT2D eigenvalue weighted by atomic mass is 14.8. The van der Waals surface area contributed by atoms with Crippen molar-refractivity contribution in [1.82, 2.24) is 0 Å². The Balaban J connectivity index is 0.000000163. The Labute approximate surface area is 511 Å². The van der Waals surface area contributed by atoms with E-state index in [2.05, 4.69) is 298 Å². The highest BCUT2D eigenvalue weighted by Crippen LogP contribution is 2.42. The summed E-state index contributed by atoms with van der Waals surface area (Å²) in [7, 11) is 0. The highest BCUT2D eigenvalue weighted by Gasteiger charge is 2.21. The molecule has 10 aromatic carbocycles. The van der Waals surface area contributed by atoms with Crippen LogP contribution >= 0.6 is 0 Å². The normalized spacial score (nSPS) is 12.3. The summed E-state index contributed by atoms with van der Waals surface area (Å²) in [6.07, 6.45) is 10.6. The number of aryl methyl sites for hydroxylation is 6. The van der Waals surface area contributed by atoms with Crippen LogP contribution in [0.4, 0.5) is 0 Å². The monoisotopic (exact) mass is 1110 g/mol. The fourth-order valence-electron chi connectivity index (χ4n) is 10.9. The standard InChI is InChI=1S/C28H26.C19H16.C17H16.C16H17N.2C2H6/c1-19-9-5-7-11-25(19)27-17-23(15-13-21(27)3)24-16-14-22(4)28(18-24)26-12-8-6-10-20(26)2;1-15-12-18(16-8-4-2-5-9-16)14-19(13-15)17-10-6-3-7-11-17;1-11(2)15-6-4-5-14-10-13-8-7-12(3)9-16(13)17(14)15;1-13(15-9-5-3-6-10-15)17-14(2)16-11-7-4-8-12-16;2*1-2/h5-18H,1-4H3;2-14H,1H3;4-9H,1,10H2,2-3H3;3-11,16H,1,12H2,2H3;2*1-2H3. The van der Waals surface area contributed by atoms with Crippen molar-refractivity contribution < 1.29 is 0 Å². The quantitative estimate of drug-likeness (QED) is 0.128. The number of nitrogens with zero attached hydrogens (tertiary/aromatic N) is 1. The maximum Gasteiger partial charge on any atom is 0.0629 e. The molecule has 0 N–H and O–H groups in total. The van der Waals surface area contributed by atoms with Gasteiger partial charge in [0.15, 0.2) is 0 Å². The molecule has 2 aliphatic rings. The smallest absolute Gasteiger partial charge is 0.0629 e. The van der Waals surface area contributed by atoms with Crippen LogP contribution in [0.2, 0.25) is 0 Å². The Kier molecular flexibility index (Phi) is 23.5. The Hall–Kier alpha value is -9.17. The van der Waals surface area contributed by atoms with Gasteiger partial charge in [-0.3, -0.25) is 4.99 Å². The van der Waals surface area contributed by atoms with Gasteiger partial charge in [0.1, 0.15) is 0 Å². The van der Waals surface area contributed by atoms with Crippen molar-refractivity contribution in [1.29, 1.82) is 0 Å². The van der Waals surface area contributed by atoms with Gasteiger partial charge in [-0.05, 0) is 203 Å². The number of fused-ring (bicyclic) bond motifs is 3. The predicted octanol–water partition coefficient (Wildman–Crippen LogP) is 24.2. The molecule has 10 aromatic rings. The van der Waals surface area contributed by atoms with Gasteiger partial charge in [0.05, 0.1) is 5.70 Å². The van der Waals surface area contributed by atoms with E-state index in [0.717, 1.165) is 35.4 Å². The van der Waals surface area contributed by atoms with E-state index in [-0.39, 0.29) is 0 Å². The predicted molar refractivity (Wildman–Crippen MR) is 376 cm³/mol. The summed E-state index contributed by atoms with van der Waals surface area (Å²) in [6, 6.07) is 82.1. The van der Waals surface area contributed by atoms with E-state index in [9.17, 15) is 0 Å². The van der Waals surface area contributed by atoms with E-state index in [1.54, 1.807) is 0 Å². The van der Waals surface area contributed by atoms with Gasteiger partial charge >= 0.3 is 0 Å². The summed E-state index contributed by atoms with van der Waals surface area (Å²) in [5.41, 5.74) is 31.9. The van der Waals surface area contributed by atoms with E-state index < -0.39 is 0 Å². The van der Waals surface area contributed by atoms with Crippen LogP contribution in [0.3, 0.4) is 0 Å². The van der Waals surface area contributed by atoms with Gasteiger partial charge in [0.25, 0.3) is 0 Å². The van der Waals surface area contributed by atoms with Crippen molar-refractivity contribution in [2.75, 3.05) is 0 Å². The molecule has 0 amide bonds.